The molecule has 2 aromatic carbocycles. The fourth-order valence-electron chi connectivity index (χ4n) is 1.67. The van der Waals surface area contributed by atoms with Gasteiger partial charge >= 0.3 is 23.9 Å². The van der Waals surface area contributed by atoms with E-state index in [0.717, 1.165) is 0 Å². The maximum absolute atomic E-state index is 10.4. The molecular weight excluding hydrogens is 352 g/mol. The molecule has 2 rings (SSSR count). The molecule has 2 aromatic rings. The molecule has 0 aliphatic heterocycles. The smallest absolute Gasteiger partial charge is 0.339 e. The predicted molar refractivity (Wildman–Crippen MR) is 84.1 cm³/mol. The standard InChI is InChI=1S/C8H6O6.C8H6O4/c9-5-1-3(7(11)12)6(10)2-4(5)8(13)14;9-7(10)5-1-2-6(4-3-5)8(11)12/h1-2,9-10H,(H,11,12)(H,13,14);1-4H,(H,9,10)(H,11,12). The average Bonchev–Trinajstić information content (AvgIpc) is 2.56. The first-order valence-corrected chi connectivity index (χ1v) is 6.63. The number of hydrogen-bond acceptors (Lipinski definition) is 6. The van der Waals surface area contributed by atoms with Gasteiger partial charge in [0.2, 0.25) is 0 Å². The van der Waals surface area contributed by atoms with E-state index in [4.69, 9.17) is 30.6 Å². The van der Waals surface area contributed by atoms with Crippen LogP contribution in [0, 0.1) is 0 Å². The molecule has 0 atom stereocenters. The summed E-state index contributed by atoms with van der Waals surface area (Å²) in [7, 11) is 0. The highest BCUT2D eigenvalue weighted by atomic mass is 16.4. The summed E-state index contributed by atoms with van der Waals surface area (Å²) >= 11 is 0. The molecule has 0 radical (unpaired) electrons. The van der Waals surface area contributed by atoms with E-state index in [1.807, 2.05) is 0 Å². The van der Waals surface area contributed by atoms with Crippen molar-refractivity contribution in [1.29, 1.82) is 0 Å². The van der Waals surface area contributed by atoms with Gasteiger partial charge in [-0.2, -0.15) is 0 Å². The Kier molecular flexibility index (Phi) is 6.26. The molecule has 10 nitrogen and oxygen atoms in total. The Morgan fingerprint density at radius 3 is 1.00 bits per heavy atom. The summed E-state index contributed by atoms with van der Waals surface area (Å²) in [5.74, 6) is -6.43. The van der Waals surface area contributed by atoms with E-state index in [1.54, 1.807) is 0 Å². The first-order chi connectivity index (χ1) is 12.0. The minimum absolute atomic E-state index is 0.0833. The van der Waals surface area contributed by atoms with Gasteiger partial charge in [0.25, 0.3) is 0 Å². The molecule has 0 aliphatic carbocycles. The van der Waals surface area contributed by atoms with Crippen molar-refractivity contribution in [3.63, 3.8) is 0 Å². The Labute approximate surface area is 144 Å². The van der Waals surface area contributed by atoms with Crippen molar-refractivity contribution in [1.82, 2.24) is 0 Å². The van der Waals surface area contributed by atoms with E-state index in [1.165, 1.54) is 24.3 Å². The van der Waals surface area contributed by atoms with Crippen molar-refractivity contribution in [3.8, 4) is 11.5 Å². The second kappa shape index (κ2) is 8.15. The number of carboxylic acid groups (broad SMARTS) is 4. The molecule has 0 amide bonds. The van der Waals surface area contributed by atoms with E-state index >= 15 is 0 Å². The van der Waals surface area contributed by atoms with Crippen LogP contribution in [0.5, 0.6) is 11.5 Å². The summed E-state index contributed by atoms with van der Waals surface area (Å²) in [6.45, 7) is 0. The average molecular weight is 364 g/mol. The molecule has 136 valence electrons. The first-order valence-electron chi connectivity index (χ1n) is 6.63. The van der Waals surface area contributed by atoms with Crippen LogP contribution in [0.1, 0.15) is 41.4 Å². The number of benzene rings is 2. The van der Waals surface area contributed by atoms with Gasteiger partial charge in [-0.3, -0.25) is 0 Å². The Morgan fingerprint density at radius 1 is 0.538 bits per heavy atom. The van der Waals surface area contributed by atoms with Crippen molar-refractivity contribution >= 4 is 23.9 Å². The molecule has 0 saturated carbocycles. The molecule has 0 bridgehead atoms. The molecule has 0 spiro atoms. The van der Waals surface area contributed by atoms with Gasteiger partial charge in [0, 0.05) is 0 Å². The third-order valence-corrected chi connectivity index (χ3v) is 2.95. The molecule has 26 heavy (non-hydrogen) atoms. The van der Waals surface area contributed by atoms with Crippen molar-refractivity contribution in [3.05, 3.63) is 58.7 Å². The monoisotopic (exact) mass is 364 g/mol. The summed E-state index contributed by atoms with van der Waals surface area (Å²) in [4.78, 5) is 41.5. The van der Waals surface area contributed by atoms with Gasteiger partial charge in [-0.25, -0.2) is 19.2 Å². The van der Waals surface area contributed by atoms with Crippen LogP contribution in [0.25, 0.3) is 0 Å². The van der Waals surface area contributed by atoms with Gasteiger partial charge in [-0.15, -0.1) is 0 Å². The molecule has 0 unspecified atom stereocenters. The molecule has 10 heteroatoms. The van der Waals surface area contributed by atoms with Crippen LogP contribution in [0.4, 0.5) is 0 Å². The van der Waals surface area contributed by atoms with Crippen LogP contribution in [0.15, 0.2) is 36.4 Å². The Balaban J connectivity index is 0.000000263. The summed E-state index contributed by atoms with van der Waals surface area (Å²) in [5.41, 5.74) is -0.931. The fourth-order valence-corrected chi connectivity index (χ4v) is 1.67. The summed E-state index contributed by atoms with van der Waals surface area (Å²) in [6, 6.07) is 6.39. The minimum atomic E-state index is -1.45. The van der Waals surface area contributed by atoms with Gasteiger partial charge < -0.3 is 30.6 Å². The molecule has 0 fully saturated rings. The lowest BCUT2D eigenvalue weighted by Gasteiger charge is -2.03. The second-order valence-corrected chi connectivity index (χ2v) is 4.68. The summed E-state index contributed by atoms with van der Waals surface area (Å²) < 4.78 is 0. The molecule has 0 aliphatic rings. The van der Waals surface area contributed by atoms with Crippen LogP contribution in [0.3, 0.4) is 0 Å². The maximum atomic E-state index is 10.4. The topological polar surface area (TPSA) is 190 Å². The quantitative estimate of drug-likeness (QED) is 0.434. The maximum Gasteiger partial charge on any atom is 0.339 e. The highest BCUT2D eigenvalue weighted by Gasteiger charge is 2.17. The van der Waals surface area contributed by atoms with E-state index in [0.29, 0.717) is 12.1 Å². The fraction of sp³-hybridized carbons (Fsp3) is 0. The molecule has 0 aromatic heterocycles. The highest BCUT2D eigenvalue weighted by Crippen LogP contribution is 2.27. The Morgan fingerprint density at radius 2 is 0.808 bits per heavy atom. The zero-order chi connectivity index (χ0) is 20.0. The number of aromatic carboxylic acids is 4. The number of carboxylic acids is 4. The van der Waals surface area contributed by atoms with Crippen molar-refractivity contribution < 1.29 is 49.8 Å². The second-order valence-electron chi connectivity index (χ2n) is 4.68. The number of hydrogen-bond donors (Lipinski definition) is 6. The number of carbonyl (C=O) groups is 4. The highest BCUT2D eigenvalue weighted by molar-refractivity contribution is 5.96. The lowest BCUT2D eigenvalue weighted by molar-refractivity contribution is 0.0675. The van der Waals surface area contributed by atoms with Crippen LogP contribution >= 0.6 is 0 Å². The molecule has 0 heterocycles. The number of phenols is 2. The third kappa shape index (κ3) is 4.96. The van der Waals surface area contributed by atoms with Gasteiger partial charge in [-0.05, 0) is 36.4 Å². The number of rotatable bonds is 4. The van der Waals surface area contributed by atoms with Gasteiger partial charge in [-0.1, -0.05) is 0 Å². The Hall–Kier alpha value is -4.08. The molecular formula is C16H12O10. The van der Waals surface area contributed by atoms with Crippen LogP contribution < -0.4 is 0 Å². The zero-order valence-corrected chi connectivity index (χ0v) is 12.8. The Bertz CT molecular complexity index is 795. The zero-order valence-electron chi connectivity index (χ0n) is 12.8. The van der Waals surface area contributed by atoms with Crippen LogP contribution in [-0.2, 0) is 0 Å². The van der Waals surface area contributed by atoms with Crippen LogP contribution in [-0.4, -0.2) is 54.5 Å². The number of aromatic hydroxyl groups is 2. The SMILES string of the molecule is O=C(O)c1cc(O)c(C(=O)O)cc1O.O=C(O)c1ccc(C(=O)O)cc1. The van der Waals surface area contributed by atoms with E-state index < -0.39 is 46.5 Å². The first kappa shape index (κ1) is 20.0. The minimum Gasteiger partial charge on any atom is -0.507 e. The van der Waals surface area contributed by atoms with Crippen LogP contribution in [0.2, 0.25) is 0 Å². The van der Waals surface area contributed by atoms with E-state index in [2.05, 4.69) is 0 Å². The van der Waals surface area contributed by atoms with Gasteiger partial charge in [0.05, 0.1) is 11.1 Å². The normalized spacial score (nSPS) is 9.54. The molecule has 0 saturated heterocycles. The lowest BCUT2D eigenvalue weighted by Crippen LogP contribution is -2.01. The van der Waals surface area contributed by atoms with Crippen molar-refractivity contribution in [2.24, 2.45) is 0 Å². The third-order valence-electron chi connectivity index (χ3n) is 2.95. The summed E-state index contributed by atoms with van der Waals surface area (Å²) in [5, 5.41) is 52.1. The van der Waals surface area contributed by atoms with Gasteiger partial charge in [0.15, 0.2) is 0 Å². The predicted octanol–water partition coefficient (Wildman–Crippen LogP) is 1.58. The lowest BCUT2D eigenvalue weighted by atomic mass is 10.1. The van der Waals surface area contributed by atoms with Gasteiger partial charge in [0.1, 0.15) is 22.6 Å². The van der Waals surface area contributed by atoms with E-state index in [-0.39, 0.29) is 11.1 Å². The summed E-state index contributed by atoms with van der Waals surface area (Å²) in [6.07, 6.45) is 0. The van der Waals surface area contributed by atoms with Crippen molar-refractivity contribution in [2.45, 2.75) is 0 Å². The van der Waals surface area contributed by atoms with E-state index in [9.17, 15) is 19.2 Å². The molecule has 6 N–H and O–H groups in total. The largest absolute Gasteiger partial charge is 0.507 e. The van der Waals surface area contributed by atoms with Crippen molar-refractivity contribution in [2.75, 3.05) is 0 Å².